The Morgan fingerprint density at radius 2 is 1.95 bits per heavy atom. The number of hydrogen-bond donors (Lipinski definition) is 1. The molecule has 1 aliphatic carbocycles. The highest BCUT2D eigenvalue weighted by molar-refractivity contribution is 5.54. The number of anilines is 1. The van der Waals surface area contributed by atoms with Crippen molar-refractivity contribution in [3.8, 4) is 11.5 Å². The molecule has 1 saturated heterocycles. The molecule has 0 spiro atoms. The highest BCUT2D eigenvalue weighted by atomic mass is 16.5. The molecule has 5 heteroatoms. The first-order chi connectivity index (χ1) is 9.81. The van der Waals surface area contributed by atoms with Crippen molar-refractivity contribution >= 4 is 5.95 Å². The number of aromatic nitrogens is 2. The van der Waals surface area contributed by atoms with E-state index in [1.165, 1.54) is 12.8 Å². The molecule has 2 fully saturated rings. The van der Waals surface area contributed by atoms with E-state index in [0.29, 0.717) is 17.8 Å². The van der Waals surface area contributed by atoms with Crippen molar-refractivity contribution in [2.24, 2.45) is 17.6 Å². The SMILES string of the molecule is NC1CN(c2noc(-c3ccccc3)n2)CC1C1CC1. The van der Waals surface area contributed by atoms with Crippen LogP contribution in [-0.4, -0.2) is 29.3 Å². The van der Waals surface area contributed by atoms with Crippen molar-refractivity contribution in [2.75, 3.05) is 18.0 Å². The molecule has 104 valence electrons. The summed E-state index contributed by atoms with van der Waals surface area (Å²) in [6.07, 6.45) is 2.65. The van der Waals surface area contributed by atoms with Gasteiger partial charge in [-0.25, -0.2) is 0 Å². The molecule has 2 aliphatic rings. The summed E-state index contributed by atoms with van der Waals surface area (Å²) in [5, 5.41) is 4.11. The molecule has 1 aromatic heterocycles. The topological polar surface area (TPSA) is 68.2 Å². The zero-order valence-corrected chi connectivity index (χ0v) is 11.3. The Hall–Kier alpha value is -1.88. The average molecular weight is 270 g/mol. The first-order valence-corrected chi connectivity index (χ1v) is 7.21. The van der Waals surface area contributed by atoms with Crippen LogP contribution in [0.15, 0.2) is 34.9 Å². The van der Waals surface area contributed by atoms with Gasteiger partial charge in [0.2, 0.25) is 0 Å². The summed E-state index contributed by atoms with van der Waals surface area (Å²) >= 11 is 0. The van der Waals surface area contributed by atoms with Crippen LogP contribution in [0.1, 0.15) is 12.8 Å². The van der Waals surface area contributed by atoms with Gasteiger partial charge in [-0.1, -0.05) is 18.2 Å². The molecule has 1 saturated carbocycles. The molecule has 2 aromatic rings. The van der Waals surface area contributed by atoms with E-state index in [-0.39, 0.29) is 6.04 Å². The summed E-state index contributed by atoms with van der Waals surface area (Å²) in [5.41, 5.74) is 7.19. The van der Waals surface area contributed by atoms with Gasteiger partial charge in [0.25, 0.3) is 11.8 Å². The monoisotopic (exact) mass is 270 g/mol. The Morgan fingerprint density at radius 1 is 1.15 bits per heavy atom. The van der Waals surface area contributed by atoms with E-state index in [2.05, 4.69) is 15.0 Å². The summed E-state index contributed by atoms with van der Waals surface area (Å²) in [6, 6.07) is 10.1. The third kappa shape index (κ3) is 2.08. The Morgan fingerprint density at radius 3 is 2.70 bits per heavy atom. The van der Waals surface area contributed by atoms with Gasteiger partial charge in [-0.3, -0.25) is 0 Å². The third-order valence-electron chi connectivity index (χ3n) is 4.36. The quantitative estimate of drug-likeness (QED) is 0.922. The number of nitrogens with two attached hydrogens (primary N) is 1. The lowest BCUT2D eigenvalue weighted by atomic mass is 9.99. The molecule has 20 heavy (non-hydrogen) atoms. The van der Waals surface area contributed by atoms with Crippen molar-refractivity contribution < 1.29 is 4.52 Å². The minimum Gasteiger partial charge on any atom is -0.336 e. The van der Waals surface area contributed by atoms with Gasteiger partial charge >= 0.3 is 0 Å². The standard InChI is InChI=1S/C15H18N4O/c16-13-9-19(8-12(13)10-6-7-10)15-17-14(20-18-15)11-4-2-1-3-5-11/h1-5,10,12-13H,6-9,16H2. The van der Waals surface area contributed by atoms with Crippen LogP contribution in [0.25, 0.3) is 11.5 Å². The molecule has 0 radical (unpaired) electrons. The second-order valence-corrected chi connectivity index (χ2v) is 5.84. The smallest absolute Gasteiger partial charge is 0.266 e. The zero-order chi connectivity index (χ0) is 13.5. The zero-order valence-electron chi connectivity index (χ0n) is 11.3. The molecular formula is C15H18N4O. The van der Waals surface area contributed by atoms with E-state index in [4.69, 9.17) is 10.3 Å². The van der Waals surface area contributed by atoms with Crippen LogP contribution in [0.3, 0.4) is 0 Å². The molecular weight excluding hydrogens is 252 g/mol. The van der Waals surface area contributed by atoms with Crippen LogP contribution in [0.5, 0.6) is 0 Å². The van der Waals surface area contributed by atoms with Crippen molar-refractivity contribution in [2.45, 2.75) is 18.9 Å². The van der Waals surface area contributed by atoms with Crippen molar-refractivity contribution in [3.05, 3.63) is 30.3 Å². The fourth-order valence-electron chi connectivity index (χ4n) is 3.08. The molecule has 4 rings (SSSR count). The van der Waals surface area contributed by atoms with Gasteiger partial charge in [0.15, 0.2) is 0 Å². The summed E-state index contributed by atoms with van der Waals surface area (Å²) in [6.45, 7) is 1.79. The first-order valence-electron chi connectivity index (χ1n) is 7.21. The van der Waals surface area contributed by atoms with Crippen LogP contribution < -0.4 is 10.6 Å². The van der Waals surface area contributed by atoms with E-state index in [1.54, 1.807) is 0 Å². The van der Waals surface area contributed by atoms with Gasteiger partial charge in [-0.15, -0.1) is 0 Å². The average Bonchev–Trinajstić information content (AvgIpc) is 3.06. The summed E-state index contributed by atoms with van der Waals surface area (Å²) in [5.74, 6) is 2.65. The maximum atomic E-state index is 6.24. The number of benzene rings is 1. The molecule has 2 N–H and O–H groups in total. The second kappa shape index (κ2) is 4.59. The Labute approximate surface area is 117 Å². The van der Waals surface area contributed by atoms with Crippen LogP contribution in [-0.2, 0) is 0 Å². The molecule has 1 aliphatic heterocycles. The van der Waals surface area contributed by atoms with Gasteiger partial charge in [0, 0.05) is 24.7 Å². The fraction of sp³-hybridized carbons (Fsp3) is 0.467. The maximum absolute atomic E-state index is 6.24. The largest absolute Gasteiger partial charge is 0.336 e. The van der Waals surface area contributed by atoms with Gasteiger partial charge in [-0.05, 0) is 42.0 Å². The minimum atomic E-state index is 0.237. The second-order valence-electron chi connectivity index (χ2n) is 5.84. The van der Waals surface area contributed by atoms with Gasteiger partial charge in [0.1, 0.15) is 0 Å². The van der Waals surface area contributed by atoms with E-state index in [9.17, 15) is 0 Å². The van der Waals surface area contributed by atoms with E-state index < -0.39 is 0 Å². The van der Waals surface area contributed by atoms with Crippen LogP contribution in [0.2, 0.25) is 0 Å². The number of hydrogen-bond acceptors (Lipinski definition) is 5. The molecule has 0 amide bonds. The predicted molar refractivity (Wildman–Crippen MR) is 76.1 cm³/mol. The van der Waals surface area contributed by atoms with Crippen molar-refractivity contribution in [3.63, 3.8) is 0 Å². The molecule has 2 atom stereocenters. The molecule has 5 nitrogen and oxygen atoms in total. The first kappa shape index (κ1) is 11.9. The highest BCUT2D eigenvalue weighted by Crippen LogP contribution is 2.41. The van der Waals surface area contributed by atoms with Crippen molar-refractivity contribution in [1.82, 2.24) is 10.1 Å². The Kier molecular flexibility index (Phi) is 2.73. The molecule has 0 bridgehead atoms. The predicted octanol–water partition coefficient (Wildman–Crippen LogP) is 1.91. The fourth-order valence-corrected chi connectivity index (χ4v) is 3.08. The van der Waals surface area contributed by atoms with Gasteiger partial charge in [-0.2, -0.15) is 4.98 Å². The van der Waals surface area contributed by atoms with Crippen LogP contribution in [0.4, 0.5) is 5.95 Å². The third-order valence-corrected chi connectivity index (χ3v) is 4.36. The maximum Gasteiger partial charge on any atom is 0.266 e. The lowest BCUT2D eigenvalue weighted by Crippen LogP contribution is -2.30. The Bertz CT molecular complexity index is 593. The summed E-state index contributed by atoms with van der Waals surface area (Å²) in [7, 11) is 0. The van der Waals surface area contributed by atoms with E-state index in [0.717, 1.165) is 24.6 Å². The Balaban J connectivity index is 1.54. The summed E-state index contributed by atoms with van der Waals surface area (Å²) in [4.78, 5) is 6.66. The van der Waals surface area contributed by atoms with Crippen LogP contribution >= 0.6 is 0 Å². The van der Waals surface area contributed by atoms with Crippen LogP contribution in [0, 0.1) is 11.8 Å². The van der Waals surface area contributed by atoms with E-state index in [1.807, 2.05) is 30.3 Å². The van der Waals surface area contributed by atoms with Gasteiger partial charge in [0.05, 0.1) is 0 Å². The molecule has 2 heterocycles. The van der Waals surface area contributed by atoms with Gasteiger partial charge < -0.3 is 15.2 Å². The minimum absolute atomic E-state index is 0.237. The number of rotatable bonds is 3. The molecule has 2 unspecified atom stereocenters. The molecule has 1 aromatic carbocycles. The summed E-state index contributed by atoms with van der Waals surface area (Å²) < 4.78 is 5.37. The lowest BCUT2D eigenvalue weighted by molar-refractivity contribution is 0.429. The van der Waals surface area contributed by atoms with E-state index >= 15 is 0 Å². The lowest BCUT2D eigenvalue weighted by Gasteiger charge is -2.12. The van der Waals surface area contributed by atoms with Crippen molar-refractivity contribution in [1.29, 1.82) is 0 Å². The highest BCUT2D eigenvalue weighted by Gasteiger charge is 2.41. The number of nitrogens with zero attached hydrogens (tertiary/aromatic N) is 3. The normalized spacial score (nSPS) is 26.1.